The fourth-order valence-electron chi connectivity index (χ4n) is 3.46. The van der Waals surface area contributed by atoms with Gasteiger partial charge in [0, 0.05) is 55.6 Å². The van der Waals surface area contributed by atoms with Crippen LogP contribution in [0.3, 0.4) is 0 Å². The van der Waals surface area contributed by atoms with E-state index in [0.717, 1.165) is 53.3 Å². The van der Waals surface area contributed by atoms with Crippen molar-refractivity contribution in [3.05, 3.63) is 52.7 Å². The zero-order valence-corrected chi connectivity index (χ0v) is 17.5. The van der Waals surface area contributed by atoms with Crippen LogP contribution in [-0.2, 0) is 24.2 Å². The zero-order chi connectivity index (χ0) is 20.8. The molecule has 0 aliphatic carbocycles. The van der Waals surface area contributed by atoms with Crippen LogP contribution in [0.15, 0.2) is 29.4 Å². The summed E-state index contributed by atoms with van der Waals surface area (Å²) in [5, 5.41) is 12.3. The third kappa shape index (κ3) is 4.95. The number of ether oxygens (including phenoxy) is 1. The van der Waals surface area contributed by atoms with Gasteiger partial charge in [0.05, 0.1) is 18.8 Å². The Hall–Kier alpha value is -2.87. The van der Waals surface area contributed by atoms with Gasteiger partial charge < -0.3 is 20.4 Å². The Labute approximate surface area is 170 Å². The maximum atomic E-state index is 13.3. The number of methoxy groups -OCH3 is 1. The van der Waals surface area contributed by atoms with Gasteiger partial charge in [-0.05, 0) is 44.0 Å². The summed E-state index contributed by atoms with van der Waals surface area (Å²) in [4.78, 5) is 7.43. The van der Waals surface area contributed by atoms with Crippen molar-refractivity contribution in [2.24, 2.45) is 4.99 Å². The SMILES string of the molecule is CN=C(NCCc1c[nH]c2cc(F)ccc12)NCc1c(C)nn(CCOC)c1C. The first-order chi connectivity index (χ1) is 14.0. The number of aliphatic imine (C=N–C) groups is 1. The third-order valence-corrected chi connectivity index (χ3v) is 5.11. The quantitative estimate of drug-likeness (QED) is 0.401. The van der Waals surface area contributed by atoms with Crippen LogP contribution >= 0.6 is 0 Å². The van der Waals surface area contributed by atoms with E-state index in [1.165, 1.54) is 17.7 Å². The Morgan fingerprint density at radius 2 is 2.14 bits per heavy atom. The minimum absolute atomic E-state index is 0.232. The molecule has 0 aliphatic heterocycles. The zero-order valence-electron chi connectivity index (χ0n) is 17.5. The smallest absolute Gasteiger partial charge is 0.191 e. The molecule has 3 aromatic rings. The molecule has 29 heavy (non-hydrogen) atoms. The van der Waals surface area contributed by atoms with Crippen molar-refractivity contribution in [3.8, 4) is 0 Å². The highest BCUT2D eigenvalue weighted by atomic mass is 19.1. The molecule has 0 spiro atoms. The number of nitrogens with one attached hydrogen (secondary N) is 3. The van der Waals surface area contributed by atoms with E-state index >= 15 is 0 Å². The number of fused-ring (bicyclic) bond motifs is 1. The van der Waals surface area contributed by atoms with Crippen LogP contribution in [-0.4, -0.2) is 48.0 Å². The summed E-state index contributed by atoms with van der Waals surface area (Å²) < 4.78 is 20.4. The Morgan fingerprint density at radius 1 is 1.31 bits per heavy atom. The average Bonchev–Trinajstić information content (AvgIpc) is 3.23. The van der Waals surface area contributed by atoms with Crippen molar-refractivity contribution in [1.82, 2.24) is 25.4 Å². The second-order valence-electron chi connectivity index (χ2n) is 6.97. The molecular weight excluding hydrogens is 371 g/mol. The lowest BCUT2D eigenvalue weighted by Crippen LogP contribution is -2.38. The second-order valence-corrected chi connectivity index (χ2v) is 6.97. The average molecular weight is 401 g/mol. The minimum atomic E-state index is -0.232. The second kappa shape index (κ2) is 9.56. The van der Waals surface area contributed by atoms with Crippen LogP contribution in [0.4, 0.5) is 4.39 Å². The number of benzene rings is 1. The van der Waals surface area contributed by atoms with Crippen molar-refractivity contribution in [2.45, 2.75) is 33.4 Å². The molecule has 7 nitrogen and oxygen atoms in total. The molecule has 0 bridgehead atoms. The summed E-state index contributed by atoms with van der Waals surface area (Å²) in [6.45, 7) is 6.83. The topological polar surface area (TPSA) is 79.3 Å². The Bertz CT molecular complexity index is 991. The summed E-state index contributed by atoms with van der Waals surface area (Å²) in [6, 6.07) is 4.83. The van der Waals surface area contributed by atoms with Gasteiger partial charge in [-0.2, -0.15) is 5.10 Å². The van der Waals surface area contributed by atoms with Crippen LogP contribution < -0.4 is 10.6 Å². The fraction of sp³-hybridized carbons (Fsp3) is 0.429. The van der Waals surface area contributed by atoms with Crippen molar-refractivity contribution in [3.63, 3.8) is 0 Å². The van der Waals surface area contributed by atoms with Crippen molar-refractivity contribution in [1.29, 1.82) is 0 Å². The molecular formula is C21H29FN6O. The molecule has 0 atom stereocenters. The van der Waals surface area contributed by atoms with Gasteiger partial charge in [0.25, 0.3) is 0 Å². The van der Waals surface area contributed by atoms with Crippen LogP contribution in [0.5, 0.6) is 0 Å². The molecule has 1 aromatic carbocycles. The van der Waals surface area contributed by atoms with E-state index in [0.29, 0.717) is 13.2 Å². The van der Waals surface area contributed by atoms with Crippen LogP contribution in [0, 0.1) is 19.7 Å². The molecule has 0 unspecified atom stereocenters. The van der Waals surface area contributed by atoms with E-state index in [4.69, 9.17) is 4.74 Å². The predicted octanol–water partition coefficient (Wildman–Crippen LogP) is 2.67. The van der Waals surface area contributed by atoms with Gasteiger partial charge in [-0.25, -0.2) is 4.39 Å². The summed E-state index contributed by atoms with van der Waals surface area (Å²) in [5.74, 6) is 0.504. The maximum absolute atomic E-state index is 13.3. The maximum Gasteiger partial charge on any atom is 0.191 e. The molecule has 156 valence electrons. The predicted molar refractivity (Wildman–Crippen MR) is 114 cm³/mol. The lowest BCUT2D eigenvalue weighted by molar-refractivity contribution is 0.182. The molecule has 0 saturated heterocycles. The molecule has 8 heteroatoms. The highest BCUT2D eigenvalue weighted by Gasteiger charge is 2.12. The Morgan fingerprint density at radius 3 is 2.90 bits per heavy atom. The van der Waals surface area contributed by atoms with E-state index in [-0.39, 0.29) is 5.82 Å². The minimum Gasteiger partial charge on any atom is -0.383 e. The first kappa shape index (κ1) is 20.9. The molecule has 0 amide bonds. The van der Waals surface area contributed by atoms with Gasteiger partial charge in [0.15, 0.2) is 5.96 Å². The third-order valence-electron chi connectivity index (χ3n) is 5.11. The highest BCUT2D eigenvalue weighted by Crippen LogP contribution is 2.19. The van der Waals surface area contributed by atoms with E-state index in [2.05, 4.69) is 32.6 Å². The largest absolute Gasteiger partial charge is 0.383 e. The number of guanidine groups is 1. The number of H-pyrrole nitrogens is 1. The number of aryl methyl sites for hydroxylation is 1. The molecule has 2 aromatic heterocycles. The van der Waals surface area contributed by atoms with Crippen LogP contribution in [0.1, 0.15) is 22.5 Å². The van der Waals surface area contributed by atoms with E-state index in [1.807, 2.05) is 23.9 Å². The van der Waals surface area contributed by atoms with Crippen molar-refractivity contribution < 1.29 is 9.13 Å². The molecule has 3 N–H and O–H groups in total. The number of aromatic nitrogens is 3. The number of hydrogen-bond acceptors (Lipinski definition) is 3. The van der Waals surface area contributed by atoms with Crippen molar-refractivity contribution in [2.75, 3.05) is 27.3 Å². The summed E-state index contributed by atoms with van der Waals surface area (Å²) in [5.41, 5.74) is 5.27. The first-order valence-electron chi connectivity index (χ1n) is 9.75. The number of hydrogen-bond donors (Lipinski definition) is 3. The van der Waals surface area contributed by atoms with Gasteiger partial charge >= 0.3 is 0 Å². The number of halogens is 1. The van der Waals surface area contributed by atoms with Crippen LogP contribution in [0.25, 0.3) is 10.9 Å². The summed E-state index contributed by atoms with van der Waals surface area (Å²) in [6.07, 6.45) is 2.74. The van der Waals surface area contributed by atoms with Gasteiger partial charge in [0.1, 0.15) is 5.82 Å². The molecule has 0 radical (unpaired) electrons. The first-order valence-corrected chi connectivity index (χ1v) is 9.75. The van der Waals surface area contributed by atoms with Gasteiger partial charge in [-0.3, -0.25) is 9.67 Å². The van der Waals surface area contributed by atoms with Gasteiger partial charge in [-0.1, -0.05) is 0 Å². The monoisotopic (exact) mass is 400 g/mol. The number of aromatic amines is 1. The van der Waals surface area contributed by atoms with E-state index in [1.54, 1.807) is 14.2 Å². The molecule has 0 saturated carbocycles. The van der Waals surface area contributed by atoms with Crippen molar-refractivity contribution >= 4 is 16.9 Å². The van der Waals surface area contributed by atoms with Gasteiger partial charge in [-0.15, -0.1) is 0 Å². The molecule has 0 fully saturated rings. The standard InChI is InChI=1S/C21H29FN6O/c1-14-19(15(2)28(27-14)9-10-29-4)13-26-21(23-3)24-8-7-16-12-25-20-11-17(22)5-6-18(16)20/h5-6,11-12,25H,7-10,13H2,1-4H3,(H2,23,24,26). The van der Waals surface area contributed by atoms with Crippen LogP contribution in [0.2, 0.25) is 0 Å². The lowest BCUT2D eigenvalue weighted by atomic mass is 10.1. The molecule has 0 aliphatic rings. The number of rotatable bonds is 8. The van der Waals surface area contributed by atoms with Gasteiger partial charge in [0.2, 0.25) is 0 Å². The normalized spacial score (nSPS) is 12.0. The Balaban J connectivity index is 1.54. The van der Waals surface area contributed by atoms with E-state index in [9.17, 15) is 4.39 Å². The van der Waals surface area contributed by atoms with E-state index < -0.39 is 0 Å². The lowest BCUT2D eigenvalue weighted by Gasteiger charge is -2.12. The fourth-order valence-corrected chi connectivity index (χ4v) is 3.46. The highest BCUT2D eigenvalue weighted by molar-refractivity contribution is 5.83. The molecule has 2 heterocycles. The molecule has 3 rings (SSSR count). The summed E-state index contributed by atoms with van der Waals surface area (Å²) >= 11 is 0. The Kier molecular flexibility index (Phi) is 6.87. The summed E-state index contributed by atoms with van der Waals surface area (Å²) in [7, 11) is 3.45. The number of nitrogens with zero attached hydrogens (tertiary/aromatic N) is 3.